The van der Waals surface area contributed by atoms with Gasteiger partial charge in [0.05, 0.1) is 14.2 Å². The van der Waals surface area contributed by atoms with Gasteiger partial charge in [0.25, 0.3) is 5.91 Å². The molecule has 10 nitrogen and oxygen atoms in total. The summed E-state index contributed by atoms with van der Waals surface area (Å²) in [5.74, 6) is 1.27. The van der Waals surface area contributed by atoms with Crippen LogP contribution in [0.2, 0.25) is 0 Å². The predicted molar refractivity (Wildman–Crippen MR) is 96.0 cm³/mol. The van der Waals surface area contributed by atoms with Gasteiger partial charge in [-0.3, -0.25) is 9.36 Å². The minimum absolute atomic E-state index is 0.101. The average Bonchev–Trinajstić information content (AvgIpc) is 3.06. The van der Waals surface area contributed by atoms with Crippen molar-refractivity contribution >= 4 is 5.91 Å². The van der Waals surface area contributed by atoms with E-state index in [9.17, 15) is 9.59 Å². The van der Waals surface area contributed by atoms with E-state index in [4.69, 9.17) is 9.47 Å². The van der Waals surface area contributed by atoms with Crippen molar-refractivity contribution in [1.29, 1.82) is 0 Å². The lowest BCUT2D eigenvalue weighted by molar-refractivity contribution is 0.0681. The van der Waals surface area contributed by atoms with Crippen molar-refractivity contribution in [2.24, 2.45) is 5.92 Å². The van der Waals surface area contributed by atoms with E-state index < -0.39 is 0 Å². The number of likely N-dealkylation sites (tertiary alicyclic amines) is 1. The van der Waals surface area contributed by atoms with Crippen LogP contribution in [0.15, 0.2) is 10.9 Å². The standard InChI is InChI=1S/C17H24N6O4/c1-4-23-13(20-21-17(23)25)9-11-5-7-22(8-6-11)15(24)12-10-14(26-2)19-16(18-12)27-3/h10-11H,4-9H2,1-3H3,(H,21,25). The molecule has 3 rings (SSSR count). The number of nitrogens with zero attached hydrogens (tertiary/aromatic N) is 5. The van der Waals surface area contributed by atoms with Gasteiger partial charge in [-0.15, -0.1) is 0 Å². The molecule has 1 fully saturated rings. The molecule has 0 radical (unpaired) electrons. The van der Waals surface area contributed by atoms with E-state index in [0.29, 0.717) is 25.6 Å². The van der Waals surface area contributed by atoms with Gasteiger partial charge < -0.3 is 14.4 Å². The summed E-state index contributed by atoms with van der Waals surface area (Å²) in [4.78, 5) is 34.4. The van der Waals surface area contributed by atoms with E-state index in [2.05, 4.69) is 20.2 Å². The highest BCUT2D eigenvalue weighted by Crippen LogP contribution is 2.23. The van der Waals surface area contributed by atoms with Crippen molar-refractivity contribution in [3.05, 3.63) is 28.1 Å². The second kappa shape index (κ2) is 8.19. The highest BCUT2D eigenvalue weighted by molar-refractivity contribution is 5.92. The smallest absolute Gasteiger partial charge is 0.343 e. The lowest BCUT2D eigenvalue weighted by Gasteiger charge is -2.31. The number of hydrogen-bond donors (Lipinski definition) is 1. The summed E-state index contributed by atoms with van der Waals surface area (Å²) >= 11 is 0. The normalized spacial score (nSPS) is 15.0. The fourth-order valence-corrected chi connectivity index (χ4v) is 3.30. The number of amides is 1. The van der Waals surface area contributed by atoms with E-state index in [-0.39, 0.29) is 29.2 Å². The van der Waals surface area contributed by atoms with Gasteiger partial charge in [-0.1, -0.05) is 0 Å². The van der Waals surface area contributed by atoms with Crippen molar-refractivity contribution in [2.75, 3.05) is 27.3 Å². The van der Waals surface area contributed by atoms with Gasteiger partial charge in [0.2, 0.25) is 5.88 Å². The molecule has 1 N–H and O–H groups in total. The van der Waals surface area contributed by atoms with Crippen molar-refractivity contribution in [3.63, 3.8) is 0 Å². The molecule has 27 heavy (non-hydrogen) atoms. The summed E-state index contributed by atoms with van der Waals surface area (Å²) in [5, 5.41) is 6.62. The molecule has 2 aromatic rings. The zero-order chi connectivity index (χ0) is 19.4. The maximum absolute atomic E-state index is 12.8. The number of hydrogen-bond acceptors (Lipinski definition) is 7. The SMILES string of the molecule is CCn1c(CC2CCN(C(=O)c3cc(OC)nc(OC)n3)CC2)n[nH]c1=O. The molecular weight excluding hydrogens is 352 g/mol. The highest BCUT2D eigenvalue weighted by Gasteiger charge is 2.26. The largest absolute Gasteiger partial charge is 0.481 e. The van der Waals surface area contributed by atoms with E-state index >= 15 is 0 Å². The Bertz CT molecular complexity index is 831. The van der Waals surface area contributed by atoms with Crippen LogP contribution in [0.4, 0.5) is 0 Å². The third-order valence-corrected chi connectivity index (χ3v) is 4.82. The van der Waals surface area contributed by atoms with Crippen LogP contribution < -0.4 is 15.2 Å². The van der Waals surface area contributed by atoms with E-state index in [1.807, 2.05) is 6.92 Å². The molecule has 2 aromatic heterocycles. The minimum atomic E-state index is -0.174. The van der Waals surface area contributed by atoms with Gasteiger partial charge in [-0.25, -0.2) is 9.89 Å². The first-order valence-electron chi connectivity index (χ1n) is 8.96. The Morgan fingerprint density at radius 3 is 2.63 bits per heavy atom. The summed E-state index contributed by atoms with van der Waals surface area (Å²) in [6, 6.07) is 1.62. The monoisotopic (exact) mass is 376 g/mol. The molecule has 1 aliphatic rings. The van der Waals surface area contributed by atoms with Crippen LogP contribution in [0.25, 0.3) is 0 Å². The summed E-state index contributed by atoms with van der Waals surface area (Å²) in [5.41, 5.74) is 0.0797. The fourth-order valence-electron chi connectivity index (χ4n) is 3.30. The van der Waals surface area contributed by atoms with Crippen molar-refractivity contribution < 1.29 is 14.3 Å². The summed E-state index contributed by atoms with van der Waals surface area (Å²) in [7, 11) is 2.92. The Kier molecular flexibility index (Phi) is 5.72. The number of ether oxygens (including phenoxy) is 2. The summed E-state index contributed by atoms with van der Waals surface area (Å²) in [6.07, 6.45) is 2.41. The lowest BCUT2D eigenvalue weighted by atomic mass is 9.93. The van der Waals surface area contributed by atoms with Crippen LogP contribution in [0.5, 0.6) is 11.9 Å². The molecule has 146 valence electrons. The molecule has 0 unspecified atom stereocenters. The molecule has 3 heterocycles. The first-order valence-corrected chi connectivity index (χ1v) is 8.96. The third kappa shape index (κ3) is 4.09. The van der Waals surface area contributed by atoms with Gasteiger partial charge in [-0.2, -0.15) is 15.1 Å². The second-order valence-corrected chi connectivity index (χ2v) is 6.41. The predicted octanol–water partition coefficient (Wildman–Crippen LogP) is 0.493. The fraction of sp³-hybridized carbons (Fsp3) is 0.588. The van der Waals surface area contributed by atoms with Crippen LogP contribution in [0.3, 0.4) is 0 Å². The molecular formula is C17H24N6O4. The van der Waals surface area contributed by atoms with Crippen molar-refractivity contribution in [2.45, 2.75) is 32.7 Å². The van der Waals surface area contributed by atoms with Gasteiger partial charge >= 0.3 is 11.7 Å². The number of H-pyrrole nitrogens is 1. The molecule has 1 saturated heterocycles. The lowest BCUT2D eigenvalue weighted by Crippen LogP contribution is -2.39. The summed E-state index contributed by atoms with van der Waals surface area (Å²) in [6.45, 7) is 3.77. The van der Waals surface area contributed by atoms with Gasteiger partial charge in [0, 0.05) is 32.1 Å². The number of carbonyl (C=O) groups excluding carboxylic acids is 1. The van der Waals surface area contributed by atoms with Crippen LogP contribution in [-0.4, -0.2) is 62.8 Å². The number of carbonyl (C=O) groups is 1. The molecule has 0 bridgehead atoms. The van der Waals surface area contributed by atoms with E-state index in [1.54, 1.807) is 9.47 Å². The van der Waals surface area contributed by atoms with E-state index in [1.165, 1.54) is 20.3 Å². The zero-order valence-corrected chi connectivity index (χ0v) is 15.8. The highest BCUT2D eigenvalue weighted by atomic mass is 16.5. The Hall–Kier alpha value is -2.91. The molecule has 0 aromatic carbocycles. The molecule has 10 heteroatoms. The second-order valence-electron chi connectivity index (χ2n) is 6.41. The summed E-state index contributed by atoms with van der Waals surface area (Å²) < 4.78 is 11.8. The number of methoxy groups -OCH3 is 2. The van der Waals surface area contributed by atoms with Crippen LogP contribution >= 0.6 is 0 Å². The molecule has 0 spiro atoms. The number of rotatable bonds is 6. The Morgan fingerprint density at radius 1 is 1.26 bits per heavy atom. The molecule has 0 saturated carbocycles. The van der Waals surface area contributed by atoms with Crippen molar-refractivity contribution in [3.8, 4) is 11.9 Å². The molecule has 1 aliphatic heterocycles. The zero-order valence-electron chi connectivity index (χ0n) is 15.8. The average molecular weight is 376 g/mol. The first-order chi connectivity index (χ1) is 13.0. The van der Waals surface area contributed by atoms with Gasteiger partial charge in [-0.05, 0) is 25.7 Å². The first kappa shape index (κ1) is 18.9. The maximum Gasteiger partial charge on any atom is 0.343 e. The molecule has 0 atom stereocenters. The minimum Gasteiger partial charge on any atom is -0.481 e. The van der Waals surface area contributed by atoms with Gasteiger partial charge in [0.15, 0.2) is 0 Å². The third-order valence-electron chi connectivity index (χ3n) is 4.82. The molecule has 0 aliphatic carbocycles. The molecule has 1 amide bonds. The Morgan fingerprint density at radius 2 is 2.00 bits per heavy atom. The number of piperidine rings is 1. The van der Waals surface area contributed by atoms with Crippen molar-refractivity contribution in [1.82, 2.24) is 29.6 Å². The van der Waals surface area contributed by atoms with Crippen LogP contribution in [-0.2, 0) is 13.0 Å². The Labute approximate surface area is 156 Å². The van der Waals surface area contributed by atoms with Crippen LogP contribution in [0.1, 0.15) is 36.1 Å². The van der Waals surface area contributed by atoms with Gasteiger partial charge in [0.1, 0.15) is 11.5 Å². The van der Waals surface area contributed by atoms with E-state index in [0.717, 1.165) is 25.1 Å². The number of nitrogens with one attached hydrogen (secondary N) is 1. The number of aromatic nitrogens is 5. The maximum atomic E-state index is 12.8. The Balaban J connectivity index is 1.63. The number of aromatic amines is 1. The topological polar surface area (TPSA) is 115 Å². The van der Waals surface area contributed by atoms with Crippen LogP contribution in [0, 0.1) is 5.92 Å². The quantitative estimate of drug-likeness (QED) is 0.780.